The minimum Gasteiger partial charge on any atom is -0.497 e. The van der Waals surface area contributed by atoms with Crippen LogP contribution in [0.1, 0.15) is 0 Å². The first-order chi connectivity index (χ1) is 15.4. The van der Waals surface area contributed by atoms with E-state index in [9.17, 15) is 8.42 Å². The SMILES string of the molecule is Bc1cnn2c(NCCNS(=O)(=O)c3cccc(OC)c3)cc(-c3ccccc3Cl)nc12. The average Bonchev–Trinajstić information content (AvgIpc) is 3.18. The molecular weight excluding hydrogens is 449 g/mol. The fourth-order valence-electron chi connectivity index (χ4n) is 3.23. The molecule has 4 rings (SSSR count). The molecule has 11 heteroatoms. The van der Waals surface area contributed by atoms with Gasteiger partial charge < -0.3 is 10.1 Å². The highest BCUT2D eigenvalue weighted by Gasteiger charge is 2.15. The minimum atomic E-state index is -3.66. The van der Waals surface area contributed by atoms with Crippen LogP contribution in [0, 0.1) is 0 Å². The van der Waals surface area contributed by atoms with Gasteiger partial charge in [0.15, 0.2) is 5.65 Å². The van der Waals surface area contributed by atoms with Crippen molar-refractivity contribution in [1.29, 1.82) is 0 Å². The van der Waals surface area contributed by atoms with Gasteiger partial charge in [-0.25, -0.2) is 18.1 Å². The van der Waals surface area contributed by atoms with Crippen LogP contribution in [0.3, 0.4) is 0 Å². The smallest absolute Gasteiger partial charge is 0.240 e. The molecule has 32 heavy (non-hydrogen) atoms. The fraction of sp³-hybridized carbons (Fsp3) is 0.143. The molecule has 0 aliphatic rings. The second-order valence-corrected chi connectivity index (χ2v) is 9.25. The van der Waals surface area contributed by atoms with Crippen molar-refractivity contribution in [3.8, 4) is 17.0 Å². The van der Waals surface area contributed by atoms with Gasteiger partial charge in [-0.3, -0.25) is 0 Å². The second-order valence-electron chi connectivity index (χ2n) is 7.07. The Kier molecular flexibility index (Phi) is 6.36. The average molecular weight is 470 g/mol. The number of halogens is 1. The van der Waals surface area contributed by atoms with Crippen LogP contribution >= 0.6 is 11.6 Å². The van der Waals surface area contributed by atoms with Crippen molar-refractivity contribution in [3.05, 3.63) is 65.8 Å². The van der Waals surface area contributed by atoms with Crippen molar-refractivity contribution >= 4 is 46.4 Å². The lowest BCUT2D eigenvalue weighted by molar-refractivity contribution is 0.413. The molecule has 0 bridgehead atoms. The lowest BCUT2D eigenvalue weighted by Crippen LogP contribution is -2.29. The van der Waals surface area contributed by atoms with Crippen molar-refractivity contribution < 1.29 is 13.2 Å². The molecule has 2 heterocycles. The summed E-state index contributed by atoms with van der Waals surface area (Å²) in [4.78, 5) is 4.85. The Morgan fingerprint density at radius 2 is 1.94 bits per heavy atom. The maximum absolute atomic E-state index is 12.6. The number of ether oxygens (including phenoxy) is 1. The highest BCUT2D eigenvalue weighted by atomic mass is 35.5. The Balaban J connectivity index is 1.52. The van der Waals surface area contributed by atoms with Crippen molar-refractivity contribution in [1.82, 2.24) is 19.3 Å². The molecular formula is C21H21BClN5O3S. The van der Waals surface area contributed by atoms with Crippen LogP contribution in [-0.2, 0) is 10.0 Å². The number of benzene rings is 2. The maximum atomic E-state index is 12.6. The molecule has 4 aromatic rings. The summed E-state index contributed by atoms with van der Waals surface area (Å²) in [5.74, 6) is 1.16. The van der Waals surface area contributed by atoms with Crippen LogP contribution in [0.5, 0.6) is 5.75 Å². The van der Waals surface area contributed by atoms with Crippen molar-refractivity contribution in [2.45, 2.75) is 4.90 Å². The zero-order valence-electron chi connectivity index (χ0n) is 17.5. The fourth-order valence-corrected chi connectivity index (χ4v) is 4.53. The highest BCUT2D eigenvalue weighted by molar-refractivity contribution is 7.89. The summed E-state index contributed by atoms with van der Waals surface area (Å²) >= 11 is 6.36. The standard InChI is InChI=1S/C21H21BClN5O3S/c1-31-14-5-4-6-15(11-14)32(29,30)26-10-9-24-20-12-19(16-7-2-3-8-18(16)23)27-21-17(22)13-25-28(20)21/h2-8,11-13,24,26H,9-10,22H2,1H3. The molecule has 0 fully saturated rings. The number of hydrogen-bond acceptors (Lipinski definition) is 6. The number of aromatic nitrogens is 3. The Hall–Kier alpha value is -3.08. The summed E-state index contributed by atoms with van der Waals surface area (Å²) in [5, 5.41) is 8.21. The molecule has 0 saturated heterocycles. The molecule has 164 valence electrons. The Labute approximate surface area is 192 Å². The van der Waals surface area contributed by atoms with E-state index in [0.717, 1.165) is 11.0 Å². The topological polar surface area (TPSA) is 97.6 Å². The van der Waals surface area contributed by atoms with Gasteiger partial charge in [0.1, 0.15) is 19.4 Å². The van der Waals surface area contributed by atoms with E-state index in [0.29, 0.717) is 34.5 Å². The summed E-state index contributed by atoms with van der Waals surface area (Å²) in [5.41, 5.74) is 3.12. The molecule has 0 spiro atoms. The van der Waals surface area contributed by atoms with Gasteiger partial charge in [-0.2, -0.15) is 9.61 Å². The predicted octanol–water partition coefficient (Wildman–Crippen LogP) is 1.71. The van der Waals surface area contributed by atoms with E-state index in [2.05, 4.69) is 15.1 Å². The Morgan fingerprint density at radius 1 is 1.12 bits per heavy atom. The van der Waals surface area contributed by atoms with Gasteiger partial charge >= 0.3 is 0 Å². The van der Waals surface area contributed by atoms with Crippen LogP contribution < -0.4 is 20.2 Å². The maximum Gasteiger partial charge on any atom is 0.240 e. The van der Waals surface area contributed by atoms with E-state index in [1.807, 2.05) is 38.2 Å². The van der Waals surface area contributed by atoms with Crippen LogP contribution in [0.15, 0.2) is 65.7 Å². The Bertz CT molecular complexity index is 1380. The number of sulfonamides is 1. The molecule has 2 aromatic carbocycles. The summed E-state index contributed by atoms with van der Waals surface area (Å²) in [6.07, 6.45) is 1.73. The number of fused-ring (bicyclic) bond motifs is 1. The molecule has 0 amide bonds. The first-order valence-electron chi connectivity index (χ1n) is 9.87. The number of hydrogen-bond donors (Lipinski definition) is 2. The third kappa shape index (κ3) is 4.57. The monoisotopic (exact) mass is 469 g/mol. The van der Waals surface area contributed by atoms with E-state index < -0.39 is 10.0 Å². The third-order valence-corrected chi connectivity index (χ3v) is 6.66. The molecule has 0 atom stereocenters. The van der Waals surface area contributed by atoms with Gasteiger partial charge in [-0.05, 0) is 23.7 Å². The zero-order valence-corrected chi connectivity index (χ0v) is 19.1. The number of nitrogens with one attached hydrogen (secondary N) is 2. The molecule has 0 aliphatic carbocycles. The largest absolute Gasteiger partial charge is 0.497 e. The second kappa shape index (κ2) is 9.19. The van der Waals surface area contributed by atoms with Crippen LogP contribution in [-0.4, -0.2) is 51.1 Å². The molecule has 0 radical (unpaired) electrons. The predicted molar refractivity (Wildman–Crippen MR) is 128 cm³/mol. The van der Waals surface area contributed by atoms with E-state index in [4.69, 9.17) is 21.3 Å². The van der Waals surface area contributed by atoms with E-state index in [-0.39, 0.29) is 11.4 Å². The lowest BCUT2D eigenvalue weighted by Gasteiger charge is -2.13. The van der Waals surface area contributed by atoms with Crippen LogP contribution in [0.2, 0.25) is 5.02 Å². The highest BCUT2D eigenvalue weighted by Crippen LogP contribution is 2.28. The van der Waals surface area contributed by atoms with E-state index >= 15 is 0 Å². The zero-order chi connectivity index (χ0) is 22.7. The van der Waals surface area contributed by atoms with Gasteiger partial charge in [0.2, 0.25) is 10.0 Å². The van der Waals surface area contributed by atoms with Crippen molar-refractivity contribution in [2.24, 2.45) is 0 Å². The van der Waals surface area contributed by atoms with Gasteiger partial charge in [-0.1, -0.05) is 35.9 Å². The molecule has 2 aromatic heterocycles. The molecule has 2 N–H and O–H groups in total. The van der Waals surface area contributed by atoms with Gasteiger partial charge in [-0.15, -0.1) is 0 Å². The third-order valence-electron chi connectivity index (χ3n) is 4.87. The number of methoxy groups -OCH3 is 1. The molecule has 0 saturated carbocycles. The summed E-state index contributed by atoms with van der Waals surface area (Å²) in [6, 6.07) is 15.6. The Morgan fingerprint density at radius 3 is 2.72 bits per heavy atom. The molecule has 8 nitrogen and oxygen atoms in total. The van der Waals surface area contributed by atoms with Crippen LogP contribution in [0.25, 0.3) is 16.9 Å². The molecule has 0 unspecified atom stereocenters. The number of rotatable bonds is 8. The van der Waals surface area contributed by atoms with Crippen molar-refractivity contribution in [3.63, 3.8) is 0 Å². The lowest BCUT2D eigenvalue weighted by atomic mass is 10.0. The normalized spacial score (nSPS) is 11.6. The molecule has 0 aliphatic heterocycles. The summed E-state index contributed by atoms with van der Waals surface area (Å²) in [7, 11) is -0.244. The van der Waals surface area contributed by atoms with Crippen molar-refractivity contribution in [2.75, 3.05) is 25.5 Å². The van der Waals surface area contributed by atoms with E-state index in [1.165, 1.54) is 19.2 Å². The minimum absolute atomic E-state index is 0.145. The number of nitrogens with zero attached hydrogens (tertiary/aromatic N) is 3. The van der Waals surface area contributed by atoms with Gasteiger partial charge in [0, 0.05) is 42.0 Å². The summed E-state index contributed by atoms with van der Waals surface area (Å²) in [6.45, 7) is 0.508. The van der Waals surface area contributed by atoms with Gasteiger partial charge in [0.25, 0.3) is 0 Å². The van der Waals surface area contributed by atoms with Gasteiger partial charge in [0.05, 0.1) is 17.7 Å². The number of anilines is 1. The first kappa shape index (κ1) is 22.1. The quantitative estimate of drug-likeness (QED) is 0.301. The van der Waals surface area contributed by atoms with Crippen LogP contribution in [0.4, 0.5) is 5.82 Å². The van der Waals surface area contributed by atoms with E-state index in [1.54, 1.807) is 22.8 Å². The first-order valence-corrected chi connectivity index (χ1v) is 11.7. The summed E-state index contributed by atoms with van der Waals surface area (Å²) < 4.78 is 34.5.